The van der Waals surface area contributed by atoms with Gasteiger partial charge in [0.2, 0.25) is 0 Å². The van der Waals surface area contributed by atoms with Gasteiger partial charge >= 0.3 is 6.61 Å². The first-order valence-corrected chi connectivity index (χ1v) is 8.68. The van der Waals surface area contributed by atoms with Crippen molar-refractivity contribution < 1.29 is 27.8 Å². The van der Waals surface area contributed by atoms with Crippen molar-refractivity contribution in [3.8, 4) is 17.2 Å². The van der Waals surface area contributed by atoms with Crippen LogP contribution in [0, 0.1) is 5.92 Å². The van der Waals surface area contributed by atoms with E-state index in [4.69, 9.17) is 9.47 Å². The quantitative estimate of drug-likeness (QED) is 0.717. The number of carbonyl (C=O) groups is 1. The second-order valence-electron chi connectivity index (χ2n) is 6.33. The molecule has 7 heteroatoms. The van der Waals surface area contributed by atoms with Crippen molar-refractivity contribution in [2.45, 2.75) is 26.0 Å². The predicted molar refractivity (Wildman–Crippen MR) is 95.5 cm³/mol. The Kier molecular flexibility index (Phi) is 6.11. The van der Waals surface area contributed by atoms with E-state index in [2.05, 4.69) is 10.1 Å². The number of methoxy groups -OCH3 is 1. The maximum Gasteiger partial charge on any atom is 0.387 e. The molecule has 1 N–H and O–H groups in total. The molecule has 1 aliphatic carbocycles. The van der Waals surface area contributed by atoms with E-state index in [0.717, 1.165) is 5.75 Å². The SMILES string of the molecule is COc1ccc(CNC(=O)c2ccc(OCC3CC3)cc2)cc1OC(F)F. The largest absolute Gasteiger partial charge is 0.493 e. The molecule has 2 aromatic carbocycles. The van der Waals surface area contributed by atoms with Gasteiger partial charge in [0.25, 0.3) is 5.91 Å². The van der Waals surface area contributed by atoms with Gasteiger partial charge in [-0.1, -0.05) is 6.07 Å². The van der Waals surface area contributed by atoms with E-state index in [1.165, 1.54) is 32.1 Å². The van der Waals surface area contributed by atoms with Gasteiger partial charge in [0, 0.05) is 12.1 Å². The molecule has 27 heavy (non-hydrogen) atoms. The first-order valence-electron chi connectivity index (χ1n) is 8.68. The van der Waals surface area contributed by atoms with Gasteiger partial charge in [-0.15, -0.1) is 0 Å². The predicted octanol–water partition coefficient (Wildman–Crippen LogP) is 4.02. The molecule has 0 radical (unpaired) electrons. The molecule has 2 aromatic rings. The highest BCUT2D eigenvalue weighted by atomic mass is 19.3. The molecule has 0 aliphatic heterocycles. The third-order valence-corrected chi connectivity index (χ3v) is 4.20. The van der Waals surface area contributed by atoms with Crippen molar-refractivity contribution in [1.29, 1.82) is 0 Å². The summed E-state index contributed by atoms with van der Waals surface area (Å²) in [5, 5.41) is 2.75. The topological polar surface area (TPSA) is 56.8 Å². The van der Waals surface area contributed by atoms with Crippen molar-refractivity contribution >= 4 is 5.91 Å². The fourth-order valence-electron chi connectivity index (χ4n) is 2.50. The molecule has 1 saturated carbocycles. The summed E-state index contributed by atoms with van der Waals surface area (Å²) in [6.45, 7) is -2.07. The maximum atomic E-state index is 12.5. The molecule has 1 aliphatic rings. The number of amides is 1. The Morgan fingerprint density at radius 1 is 1.15 bits per heavy atom. The highest BCUT2D eigenvalue weighted by Gasteiger charge is 2.21. The van der Waals surface area contributed by atoms with E-state index in [-0.39, 0.29) is 24.0 Å². The molecule has 3 rings (SSSR count). The lowest BCUT2D eigenvalue weighted by atomic mass is 10.1. The van der Waals surface area contributed by atoms with Crippen LogP contribution in [0.25, 0.3) is 0 Å². The summed E-state index contributed by atoms with van der Waals surface area (Å²) in [6, 6.07) is 11.5. The second-order valence-corrected chi connectivity index (χ2v) is 6.33. The lowest BCUT2D eigenvalue weighted by molar-refractivity contribution is -0.0512. The van der Waals surface area contributed by atoms with Crippen molar-refractivity contribution in [3.63, 3.8) is 0 Å². The molecule has 0 heterocycles. The van der Waals surface area contributed by atoms with Gasteiger partial charge in [-0.3, -0.25) is 4.79 Å². The number of hydrogen-bond donors (Lipinski definition) is 1. The zero-order chi connectivity index (χ0) is 19.2. The van der Waals surface area contributed by atoms with E-state index < -0.39 is 6.61 Å². The minimum atomic E-state index is -2.95. The van der Waals surface area contributed by atoms with Crippen LogP contribution in [0.3, 0.4) is 0 Å². The summed E-state index contributed by atoms with van der Waals surface area (Å²) in [7, 11) is 1.37. The molecule has 0 saturated heterocycles. The molecular weight excluding hydrogens is 356 g/mol. The number of halogens is 2. The smallest absolute Gasteiger partial charge is 0.387 e. The Labute approximate surface area is 156 Å². The zero-order valence-electron chi connectivity index (χ0n) is 14.9. The number of rotatable bonds is 9. The van der Waals surface area contributed by atoms with E-state index in [1.807, 2.05) is 0 Å². The molecule has 144 valence electrons. The van der Waals surface area contributed by atoms with Crippen molar-refractivity contribution in [2.75, 3.05) is 13.7 Å². The number of ether oxygens (including phenoxy) is 3. The lowest BCUT2D eigenvalue weighted by Gasteiger charge is -2.12. The third-order valence-electron chi connectivity index (χ3n) is 4.20. The Morgan fingerprint density at radius 3 is 2.52 bits per heavy atom. The molecule has 0 unspecified atom stereocenters. The molecule has 5 nitrogen and oxygen atoms in total. The molecule has 0 aromatic heterocycles. The average Bonchev–Trinajstić information content (AvgIpc) is 3.49. The van der Waals surface area contributed by atoms with Gasteiger partial charge in [0.05, 0.1) is 13.7 Å². The van der Waals surface area contributed by atoms with E-state index in [0.29, 0.717) is 23.7 Å². The molecular formula is C20H21F2NO4. The molecule has 1 fully saturated rings. The summed E-state index contributed by atoms with van der Waals surface area (Å²) >= 11 is 0. The number of benzene rings is 2. The van der Waals surface area contributed by atoms with Crippen LogP contribution in [0.2, 0.25) is 0 Å². The minimum absolute atomic E-state index is 0.0728. The van der Waals surface area contributed by atoms with Gasteiger partial charge in [0.15, 0.2) is 11.5 Å². The van der Waals surface area contributed by atoms with Gasteiger partial charge in [-0.05, 0) is 60.7 Å². The number of nitrogens with one attached hydrogen (secondary N) is 1. The van der Waals surface area contributed by atoms with E-state index >= 15 is 0 Å². The lowest BCUT2D eigenvalue weighted by Crippen LogP contribution is -2.22. The number of carbonyl (C=O) groups excluding carboxylic acids is 1. The van der Waals surface area contributed by atoms with Crippen LogP contribution in [0.15, 0.2) is 42.5 Å². The maximum absolute atomic E-state index is 12.5. The average molecular weight is 377 g/mol. The van der Waals surface area contributed by atoms with E-state index in [1.54, 1.807) is 30.3 Å². The summed E-state index contributed by atoms with van der Waals surface area (Å²) in [5.41, 5.74) is 1.11. The molecule has 0 atom stereocenters. The highest BCUT2D eigenvalue weighted by Crippen LogP contribution is 2.30. The van der Waals surface area contributed by atoms with Crippen LogP contribution in [0.5, 0.6) is 17.2 Å². The summed E-state index contributed by atoms with van der Waals surface area (Å²) < 4.78 is 40.0. The number of hydrogen-bond acceptors (Lipinski definition) is 4. The van der Waals surface area contributed by atoms with Gasteiger partial charge in [0.1, 0.15) is 5.75 Å². The Hall–Kier alpha value is -2.83. The van der Waals surface area contributed by atoms with Crippen LogP contribution in [0.1, 0.15) is 28.8 Å². The van der Waals surface area contributed by atoms with Gasteiger partial charge < -0.3 is 19.5 Å². The van der Waals surface area contributed by atoms with Crippen LogP contribution in [-0.2, 0) is 6.54 Å². The van der Waals surface area contributed by atoms with Crippen molar-refractivity contribution in [3.05, 3.63) is 53.6 Å². The van der Waals surface area contributed by atoms with E-state index in [9.17, 15) is 13.6 Å². The molecule has 0 bridgehead atoms. The first kappa shape index (κ1) is 18.9. The fraction of sp³-hybridized carbons (Fsp3) is 0.350. The number of alkyl halides is 2. The van der Waals surface area contributed by atoms with Gasteiger partial charge in [-0.25, -0.2) is 0 Å². The fourth-order valence-corrected chi connectivity index (χ4v) is 2.50. The Bertz CT molecular complexity index is 776. The summed E-state index contributed by atoms with van der Waals surface area (Å²) in [4.78, 5) is 12.3. The Morgan fingerprint density at radius 2 is 1.89 bits per heavy atom. The van der Waals surface area contributed by atoms with Crippen LogP contribution >= 0.6 is 0 Å². The third kappa shape index (κ3) is 5.57. The highest BCUT2D eigenvalue weighted by molar-refractivity contribution is 5.94. The monoisotopic (exact) mass is 377 g/mol. The van der Waals surface area contributed by atoms with Crippen LogP contribution in [-0.4, -0.2) is 26.2 Å². The zero-order valence-corrected chi connectivity index (χ0v) is 14.9. The van der Waals surface area contributed by atoms with Crippen LogP contribution < -0.4 is 19.5 Å². The first-order chi connectivity index (χ1) is 13.0. The molecule has 0 spiro atoms. The second kappa shape index (κ2) is 8.70. The van der Waals surface area contributed by atoms with Crippen molar-refractivity contribution in [2.24, 2.45) is 5.92 Å². The van der Waals surface area contributed by atoms with Crippen LogP contribution in [0.4, 0.5) is 8.78 Å². The summed E-state index contributed by atoms with van der Waals surface area (Å²) in [6.07, 6.45) is 2.44. The normalized spacial score (nSPS) is 13.3. The standard InChI is InChI=1S/C20H21F2NO4/c1-25-17-9-4-14(10-18(17)27-20(21)22)11-23-19(24)15-5-7-16(8-6-15)26-12-13-2-3-13/h4-10,13,20H,2-3,11-12H2,1H3,(H,23,24). The molecule has 1 amide bonds. The summed E-state index contributed by atoms with van der Waals surface area (Å²) in [5.74, 6) is 1.26. The Balaban J connectivity index is 1.56. The minimum Gasteiger partial charge on any atom is -0.493 e. The van der Waals surface area contributed by atoms with Crippen molar-refractivity contribution in [1.82, 2.24) is 5.32 Å². The van der Waals surface area contributed by atoms with Gasteiger partial charge in [-0.2, -0.15) is 8.78 Å².